The van der Waals surface area contributed by atoms with Crippen LogP contribution >= 0.6 is 11.6 Å². The van der Waals surface area contributed by atoms with Crippen LogP contribution in [-0.2, 0) is 20.1 Å². The summed E-state index contributed by atoms with van der Waals surface area (Å²) in [5, 5.41) is 12.2. The Labute approximate surface area is 106 Å². The fourth-order valence-electron chi connectivity index (χ4n) is 1.57. The molecule has 0 bridgehead atoms. The highest BCUT2D eigenvalue weighted by molar-refractivity contribution is 6.30. The van der Waals surface area contributed by atoms with Gasteiger partial charge in [-0.1, -0.05) is 23.7 Å². The molecule has 2 rings (SSSR count). The lowest BCUT2D eigenvalue weighted by atomic mass is 10.2. The summed E-state index contributed by atoms with van der Waals surface area (Å²) in [6.07, 6.45) is 0. The summed E-state index contributed by atoms with van der Waals surface area (Å²) in [6, 6.07) is 7.82. The molecule has 0 aliphatic carbocycles. The van der Waals surface area contributed by atoms with Crippen LogP contribution in [0.5, 0.6) is 0 Å². The number of rotatable bonds is 4. The second kappa shape index (κ2) is 5.29. The lowest BCUT2D eigenvalue weighted by Gasteiger charge is -2.05. The summed E-state index contributed by atoms with van der Waals surface area (Å²) in [5.41, 5.74) is 1.16. The first-order chi connectivity index (χ1) is 8.16. The van der Waals surface area contributed by atoms with Crippen molar-refractivity contribution >= 4 is 11.6 Å². The van der Waals surface area contributed by atoms with Gasteiger partial charge in [0.15, 0.2) is 0 Å². The molecule has 1 heterocycles. The van der Waals surface area contributed by atoms with E-state index in [1.165, 1.54) is 0 Å². The lowest BCUT2D eigenvalue weighted by Crippen LogP contribution is -2.16. The van der Waals surface area contributed by atoms with Gasteiger partial charge in [0.25, 0.3) is 0 Å². The molecule has 0 fully saturated rings. The Hall–Kier alpha value is -1.39. The van der Waals surface area contributed by atoms with E-state index in [0.717, 1.165) is 28.8 Å². The van der Waals surface area contributed by atoms with Crippen molar-refractivity contribution in [2.75, 3.05) is 0 Å². The number of benzene rings is 1. The van der Waals surface area contributed by atoms with Crippen LogP contribution in [0.15, 0.2) is 24.3 Å². The molecule has 1 N–H and O–H groups in total. The van der Waals surface area contributed by atoms with Crippen molar-refractivity contribution in [1.82, 2.24) is 20.1 Å². The number of hydrogen-bond donors (Lipinski definition) is 1. The van der Waals surface area contributed by atoms with E-state index in [9.17, 15) is 0 Å². The number of aromatic nitrogens is 3. The lowest BCUT2D eigenvalue weighted by molar-refractivity contribution is 0.634. The van der Waals surface area contributed by atoms with Gasteiger partial charge >= 0.3 is 0 Å². The molecule has 0 aliphatic rings. The number of aryl methyl sites for hydroxylation is 1. The SMILES string of the molecule is Cc1nnc(CNCc2cccc(Cl)c2)n1C. The summed E-state index contributed by atoms with van der Waals surface area (Å²) in [4.78, 5) is 0. The molecule has 90 valence electrons. The summed E-state index contributed by atoms with van der Waals surface area (Å²) in [5.74, 6) is 1.86. The predicted octanol–water partition coefficient (Wildman–Crippen LogP) is 2.07. The largest absolute Gasteiger partial charge is 0.317 e. The fraction of sp³-hybridized carbons (Fsp3) is 0.333. The van der Waals surface area contributed by atoms with Crippen LogP contribution < -0.4 is 5.32 Å². The molecule has 1 aromatic carbocycles. The number of nitrogens with one attached hydrogen (secondary N) is 1. The maximum Gasteiger partial charge on any atom is 0.146 e. The van der Waals surface area contributed by atoms with Crippen LogP contribution in [0.1, 0.15) is 17.2 Å². The molecule has 0 radical (unpaired) electrons. The zero-order valence-electron chi connectivity index (χ0n) is 9.94. The quantitative estimate of drug-likeness (QED) is 0.903. The van der Waals surface area contributed by atoms with Crippen molar-refractivity contribution in [2.45, 2.75) is 20.0 Å². The van der Waals surface area contributed by atoms with Gasteiger partial charge in [-0.3, -0.25) is 0 Å². The van der Waals surface area contributed by atoms with Crippen molar-refractivity contribution in [2.24, 2.45) is 7.05 Å². The van der Waals surface area contributed by atoms with E-state index in [2.05, 4.69) is 15.5 Å². The number of hydrogen-bond acceptors (Lipinski definition) is 3. The Morgan fingerprint density at radius 2 is 2.12 bits per heavy atom. The normalized spacial score (nSPS) is 10.8. The molecule has 0 saturated heterocycles. The van der Waals surface area contributed by atoms with Gasteiger partial charge in [-0.05, 0) is 24.6 Å². The Morgan fingerprint density at radius 1 is 1.29 bits per heavy atom. The second-order valence-corrected chi connectivity index (χ2v) is 4.39. The number of halogens is 1. The van der Waals surface area contributed by atoms with Crippen molar-refractivity contribution in [3.8, 4) is 0 Å². The molecule has 0 unspecified atom stereocenters. The monoisotopic (exact) mass is 250 g/mol. The first-order valence-electron chi connectivity index (χ1n) is 5.47. The van der Waals surface area contributed by atoms with E-state index in [0.29, 0.717) is 6.54 Å². The molecule has 0 amide bonds. The van der Waals surface area contributed by atoms with Crippen LogP contribution in [0, 0.1) is 6.92 Å². The van der Waals surface area contributed by atoms with Gasteiger partial charge in [0.05, 0.1) is 6.54 Å². The second-order valence-electron chi connectivity index (χ2n) is 3.96. The molecular formula is C12H15ClN4. The average Bonchev–Trinajstić information content (AvgIpc) is 2.61. The Morgan fingerprint density at radius 3 is 2.76 bits per heavy atom. The molecule has 0 saturated carbocycles. The van der Waals surface area contributed by atoms with Crippen molar-refractivity contribution < 1.29 is 0 Å². The van der Waals surface area contributed by atoms with Crippen LogP contribution in [0.2, 0.25) is 5.02 Å². The molecule has 1 aromatic heterocycles. The summed E-state index contributed by atoms with van der Waals surface area (Å²) >= 11 is 5.92. The van der Waals surface area contributed by atoms with Gasteiger partial charge in [-0.2, -0.15) is 0 Å². The highest BCUT2D eigenvalue weighted by Crippen LogP contribution is 2.10. The molecule has 4 nitrogen and oxygen atoms in total. The summed E-state index contributed by atoms with van der Waals surface area (Å²) < 4.78 is 1.98. The van der Waals surface area contributed by atoms with E-state index in [-0.39, 0.29) is 0 Å². The van der Waals surface area contributed by atoms with Gasteiger partial charge in [-0.15, -0.1) is 10.2 Å². The van der Waals surface area contributed by atoms with Crippen LogP contribution in [0.25, 0.3) is 0 Å². The van der Waals surface area contributed by atoms with Crippen molar-refractivity contribution in [1.29, 1.82) is 0 Å². The zero-order chi connectivity index (χ0) is 12.3. The Bertz CT molecular complexity index is 507. The van der Waals surface area contributed by atoms with E-state index in [1.54, 1.807) is 0 Å². The molecule has 2 aromatic rings. The van der Waals surface area contributed by atoms with Crippen molar-refractivity contribution in [3.05, 3.63) is 46.5 Å². The molecular weight excluding hydrogens is 236 g/mol. The van der Waals surface area contributed by atoms with Gasteiger partial charge in [0, 0.05) is 18.6 Å². The highest BCUT2D eigenvalue weighted by Gasteiger charge is 2.03. The van der Waals surface area contributed by atoms with E-state index in [1.807, 2.05) is 42.8 Å². The van der Waals surface area contributed by atoms with Crippen LogP contribution in [-0.4, -0.2) is 14.8 Å². The molecule has 0 aliphatic heterocycles. The molecule has 17 heavy (non-hydrogen) atoms. The van der Waals surface area contributed by atoms with Crippen molar-refractivity contribution in [3.63, 3.8) is 0 Å². The molecule has 0 spiro atoms. The Kier molecular flexibility index (Phi) is 3.76. The first-order valence-corrected chi connectivity index (χ1v) is 5.84. The van der Waals surface area contributed by atoms with Gasteiger partial charge in [0.1, 0.15) is 11.6 Å². The van der Waals surface area contributed by atoms with E-state index in [4.69, 9.17) is 11.6 Å². The minimum atomic E-state index is 0.698. The van der Waals surface area contributed by atoms with Gasteiger partial charge in [0.2, 0.25) is 0 Å². The van der Waals surface area contributed by atoms with Gasteiger partial charge < -0.3 is 9.88 Å². The maximum absolute atomic E-state index is 5.92. The predicted molar refractivity (Wildman–Crippen MR) is 67.7 cm³/mol. The minimum Gasteiger partial charge on any atom is -0.317 e. The van der Waals surface area contributed by atoms with Gasteiger partial charge in [-0.25, -0.2) is 0 Å². The maximum atomic E-state index is 5.92. The third kappa shape index (κ3) is 3.05. The smallest absolute Gasteiger partial charge is 0.146 e. The highest BCUT2D eigenvalue weighted by atomic mass is 35.5. The average molecular weight is 251 g/mol. The third-order valence-corrected chi connectivity index (χ3v) is 2.92. The first kappa shape index (κ1) is 12.1. The molecule has 5 heteroatoms. The zero-order valence-corrected chi connectivity index (χ0v) is 10.7. The summed E-state index contributed by atoms with van der Waals surface area (Å²) in [7, 11) is 1.96. The van der Waals surface area contributed by atoms with Crippen LogP contribution in [0.3, 0.4) is 0 Å². The number of nitrogens with zero attached hydrogens (tertiary/aromatic N) is 3. The fourth-order valence-corrected chi connectivity index (χ4v) is 1.78. The Balaban J connectivity index is 1.90. The van der Waals surface area contributed by atoms with E-state index < -0.39 is 0 Å². The minimum absolute atomic E-state index is 0.698. The summed E-state index contributed by atoms with van der Waals surface area (Å²) in [6.45, 7) is 3.41. The molecule has 0 atom stereocenters. The topological polar surface area (TPSA) is 42.7 Å². The van der Waals surface area contributed by atoms with E-state index >= 15 is 0 Å². The standard InChI is InChI=1S/C12H15ClN4/c1-9-15-16-12(17(9)2)8-14-7-10-4-3-5-11(13)6-10/h3-6,14H,7-8H2,1-2H3. The van der Waals surface area contributed by atoms with Crippen LogP contribution in [0.4, 0.5) is 0 Å². The third-order valence-electron chi connectivity index (χ3n) is 2.68.